The van der Waals surface area contributed by atoms with E-state index in [0.29, 0.717) is 26.2 Å². The van der Waals surface area contributed by atoms with Gasteiger partial charge in [-0.3, -0.25) is 9.80 Å². The van der Waals surface area contributed by atoms with Crippen molar-refractivity contribution in [3.8, 4) is 0 Å². The molecule has 20 heteroatoms. The Bertz CT molecular complexity index is 1990. The molecule has 5 N–H and O–H groups in total. The topological polar surface area (TPSA) is 274 Å². The first-order valence-corrected chi connectivity index (χ1v) is 17.0. The van der Waals surface area contributed by atoms with Crippen molar-refractivity contribution >= 4 is 44.1 Å². The summed E-state index contributed by atoms with van der Waals surface area (Å²) < 4.78 is 0. The quantitative estimate of drug-likeness (QED) is 0.0621. The Hall–Kier alpha value is -6.34. The van der Waals surface area contributed by atoms with E-state index in [1.165, 1.54) is 0 Å². The van der Waals surface area contributed by atoms with E-state index in [2.05, 4.69) is 54.0 Å². The zero-order valence-corrected chi connectivity index (χ0v) is 33.3. The van der Waals surface area contributed by atoms with Gasteiger partial charge in [-0.1, -0.05) is 48.5 Å². The molecule has 0 spiro atoms. The van der Waals surface area contributed by atoms with Gasteiger partial charge in [0.25, 0.3) is 0 Å². The molecule has 0 radical (unpaired) electrons. The van der Waals surface area contributed by atoms with Crippen LogP contribution in [0.2, 0.25) is 0 Å². The Balaban J connectivity index is 0.000000520. The zero-order valence-electron chi connectivity index (χ0n) is 30.4. The van der Waals surface area contributed by atoms with Gasteiger partial charge in [0.2, 0.25) is 0 Å². The summed E-state index contributed by atoms with van der Waals surface area (Å²) in [5.74, 6) is 3.73. The third-order valence-corrected chi connectivity index (χ3v) is 7.98. The van der Waals surface area contributed by atoms with Gasteiger partial charge < -0.3 is 55.7 Å². The van der Waals surface area contributed by atoms with Gasteiger partial charge in [-0.25, -0.2) is 19.9 Å². The predicted octanol–water partition coefficient (Wildman–Crippen LogP) is 5.41. The molecular formula is C36H38N12O7Zn. The van der Waals surface area contributed by atoms with E-state index in [1.54, 1.807) is 6.92 Å². The Labute approximate surface area is 331 Å². The van der Waals surface area contributed by atoms with E-state index in [1.807, 2.05) is 72.8 Å². The van der Waals surface area contributed by atoms with Crippen molar-refractivity contribution in [1.29, 1.82) is 0 Å². The molecule has 4 aromatic carbocycles. The second-order valence-corrected chi connectivity index (χ2v) is 12.0. The SMILES string of the molecule is CCO.O=[N+]([O-])[O-].O=[N+]([O-])[O-].[Zn+2].c1ccc2[nH]c(CN(CCN(Cc3nc4ccccc4[nH]3)Cc3nc4ccccc4[nH]3)Cc3nc4ccccc4[nH]3)nc2c1. The average molecular weight is 816 g/mol. The summed E-state index contributed by atoms with van der Waals surface area (Å²) in [4.78, 5) is 54.8. The maximum atomic E-state index is 8.25. The third kappa shape index (κ3) is 12.6. The van der Waals surface area contributed by atoms with Gasteiger partial charge in [0.1, 0.15) is 23.3 Å². The van der Waals surface area contributed by atoms with Crippen LogP contribution >= 0.6 is 0 Å². The predicted molar refractivity (Wildman–Crippen MR) is 206 cm³/mol. The molecule has 0 saturated heterocycles. The van der Waals surface area contributed by atoms with Crippen LogP contribution in [0.1, 0.15) is 30.2 Å². The van der Waals surface area contributed by atoms with Crippen LogP contribution in [0.25, 0.3) is 44.1 Å². The molecule has 0 aliphatic rings. The second kappa shape index (κ2) is 20.9. The van der Waals surface area contributed by atoms with Crippen LogP contribution in [-0.2, 0) is 45.7 Å². The second-order valence-electron chi connectivity index (χ2n) is 12.0. The fourth-order valence-corrected chi connectivity index (χ4v) is 5.88. The van der Waals surface area contributed by atoms with E-state index in [-0.39, 0.29) is 26.1 Å². The molecule has 19 nitrogen and oxygen atoms in total. The standard InChI is InChI=1S/C34H32N10.C2H6O.2NO3.Zn/c1-2-10-24-23(9-1)35-31(36-24)19-43(20-32-37-25-11-3-4-12-26(25)38-32)17-18-44(21-33-39-27-13-5-6-14-28(27)40-33)22-34-41-29-15-7-8-16-30(29)42-34;1-2-3;2*2-1(3)4;/h1-16H,17-22H2,(H,35,36)(H,37,38)(H,39,40)(H,41,42);3H,2H2,1H3;;;/q;;2*-1;+2. The summed E-state index contributed by atoms with van der Waals surface area (Å²) in [6.07, 6.45) is 0. The molecule has 286 valence electrons. The Morgan fingerprint density at radius 1 is 0.500 bits per heavy atom. The van der Waals surface area contributed by atoms with Crippen LogP contribution in [0.3, 0.4) is 0 Å². The molecule has 0 aliphatic heterocycles. The van der Waals surface area contributed by atoms with Crippen LogP contribution in [0.4, 0.5) is 0 Å². The third-order valence-electron chi connectivity index (χ3n) is 7.98. The summed E-state index contributed by atoms with van der Waals surface area (Å²) in [7, 11) is 0. The van der Waals surface area contributed by atoms with Gasteiger partial charge in [-0.2, -0.15) is 0 Å². The van der Waals surface area contributed by atoms with Gasteiger partial charge in [0.15, 0.2) is 0 Å². The Morgan fingerprint density at radius 3 is 0.893 bits per heavy atom. The number of hydrogen-bond donors (Lipinski definition) is 5. The molecule has 0 atom stereocenters. The smallest absolute Gasteiger partial charge is 0.397 e. The van der Waals surface area contributed by atoms with Gasteiger partial charge in [0.05, 0.1) is 80.5 Å². The number of para-hydroxylation sites is 8. The summed E-state index contributed by atoms with van der Waals surface area (Å²) in [6, 6.07) is 32.7. The fourth-order valence-electron chi connectivity index (χ4n) is 5.88. The van der Waals surface area contributed by atoms with Crippen molar-refractivity contribution in [2.24, 2.45) is 0 Å². The molecule has 4 heterocycles. The first-order valence-electron chi connectivity index (χ1n) is 17.0. The number of aromatic nitrogens is 8. The summed E-state index contributed by atoms with van der Waals surface area (Å²) >= 11 is 0. The maximum absolute atomic E-state index is 8.25. The minimum atomic E-state index is -1.75. The van der Waals surface area contributed by atoms with Crippen molar-refractivity contribution in [1.82, 2.24) is 49.7 Å². The Morgan fingerprint density at radius 2 is 0.696 bits per heavy atom. The van der Waals surface area contributed by atoms with E-state index in [0.717, 1.165) is 80.5 Å². The van der Waals surface area contributed by atoms with Crippen LogP contribution < -0.4 is 0 Å². The van der Waals surface area contributed by atoms with E-state index < -0.39 is 10.2 Å². The first kappa shape index (κ1) is 42.4. The molecule has 8 rings (SSSR count). The normalized spacial score (nSPS) is 10.7. The Kier molecular flexibility index (Phi) is 15.9. The zero-order chi connectivity index (χ0) is 39.2. The molecule has 0 unspecified atom stereocenters. The van der Waals surface area contributed by atoms with E-state index in [9.17, 15) is 0 Å². The van der Waals surface area contributed by atoms with Gasteiger partial charge in [-0.05, 0) is 55.5 Å². The summed E-state index contributed by atoms with van der Waals surface area (Å²) in [5.41, 5.74) is 8.07. The molecule has 0 saturated carbocycles. The van der Waals surface area contributed by atoms with Crippen LogP contribution in [0, 0.1) is 30.6 Å². The van der Waals surface area contributed by atoms with Crippen molar-refractivity contribution in [2.75, 3.05) is 19.7 Å². The number of aromatic amines is 4. The average Bonchev–Trinajstić information content (AvgIpc) is 3.93. The summed E-state index contributed by atoms with van der Waals surface area (Å²) in [5, 5.41) is 37.1. The van der Waals surface area contributed by atoms with Crippen molar-refractivity contribution in [2.45, 2.75) is 33.1 Å². The van der Waals surface area contributed by atoms with Crippen LogP contribution in [0.5, 0.6) is 0 Å². The van der Waals surface area contributed by atoms with Crippen molar-refractivity contribution in [3.63, 3.8) is 0 Å². The number of fused-ring (bicyclic) bond motifs is 4. The minimum Gasteiger partial charge on any atom is -0.397 e. The van der Waals surface area contributed by atoms with E-state index in [4.69, 9.17) is 55.7 Å². The first-order chi connectivity index (χ1) is 26.6. The molecule has 0 amide bonds. The number of nitrogens with zero attached hydrogens (tertiary/aromatic N) is 8. The number of nitrogens with one attached hydrogen (secondary N) is 4. The van der Waals surface area contributed by atoms with Crippen LogP contribution in [-0.4, -0.2) is 84.6 Å². The molecule has 56 heavy (non-hydrogen) atoms. The number of rotatable bonds is 11. The van der Waals surface area contributed by atoms with Crippen LogP contribution in [0.15, 0.2) is 97.1 Å². The number of hydrogen-bond acceptors (Lipinski definition) is 13. The van der Waals surface area contributed by atoms with Crippen molar-refractivity contribution < 1.29 is 34.8 Å². The van der Waals surface area contributed by atoms with Crippen molar-refractivity contribution in [3.05, 3.63) is 151 Å². The maximum Gasteiger partial charge on any atom is 2.00 e. The molecule has 8 aromatic rings. The van der Waals surface area contributed by atoms with Gasteiger partial charge in [0, 0.05) is 19.7 Å². The van der Waals surface area contributed by atoms with Gasteiger partial charge >= 0.3 is 19.5 Å². The monoisotopic (exact) mass is 814 g/mol. The van der Waals surface area contributed by atoms with Gasteiger partial charge in [-0.15, -0.1) is 0 Å². The minimum absolute atomic E-state index is 0. The molecule has 4 aromatic heterocycles. The number of benzene rings is 4. The summed E-state index contributed by atoms with van der Waals surface area (Å²) in [6.45, 7) is 6.15. The van der Waals surface area contributed by atoms with E-state index >= 15 is 0 Å². The molecule has 0 fully saturated rings. The fraction of sp³-hybridized carbons (Fsp3) is 0.222. The number of H-pyrrole nitrogens is 4. The number of imidazole rings is 4. The molecule has 0 bridgehead atoms. The molecule has 0 aliphatic carbocycles. The number of aliphatic hydroxyl groups excluding tert-OH is 1. The molecular weight excluding hydrogens is 778 g/mol. The number of aliphatic hydroxyl groups is 1. The largest absolute Gasteiger partial charge is 2.00 e.